The third-order valence-electron chi connectivity index (χ3n) is 2.35. The maximum Gasteiger partial charge on any atom is 0.251 e. The lowest BCUT2D eigenvalue weighted by Gasteiger charge is -2.04. The number of aromatic amines is 1. The lowest BCUT2D eigenvalue weighted by atomic mass is 10.1. The summed E-state index contributed by atoms with van der Waals surface area (Å²) < 4.78 is 26.2. The molecular weight excluding hydrogens is 262 g/mol. The molecule has 18 heavy (non-hydrogen) atoms. The third-order valence-corrected chi connectivity index (χ3v) is 2.63. The van der Waals surface area contributed by atoms with E-state index in [1.54, 1.807) is 0 Å². The third kappa shape index (κ3) is 2.92. The molecule has 0 aliphatic heterocycles. The molecule has 94 valence electrons. The summed E-state index contributed by atoms with van der Waals surface area (Å²) in [7, 11) is 0. The van der Waals surface area contributed by atoms with Gasteiger partial charge in [0, 0.05) is 18.6 Å². The summed E-state index contributed by atoms with van der Waals surface area (Å²) >= 11 is 5.59. The zero-order valence-corrected chi connectivity index (χ0v) is 9.97. The molecule has 3 nitrogen and oxygen atoms in total. The molecule has 0 spiro atoms. The van der Waals surface area contributed by atoms with Crippen LogP contribution >= 0.6 is 11.6 Å². The average Bonchev–Trinajstić information content (AvgIpc) is 2.32. The van der Waals surface area contributed by atoms with Crippen LogP contribution in [0.3, 0.4) is 0 Å². The first-order chi connectivity index (χ1) is 8.58. The summed E-state index contributed by atoms with van der Waals surface area (Å²) in [4.78, 5) is 17.8. The number of halogens is 3. The highest BCUT2D eigenvalue weighted by molar-refractivity contribution is 6.16. The number of nitrogens with zero attached hydrogens (tertiary/aromatic N) is 1. The molecule has 0 fully saturated rings. The summed E-state index contributed by atoms with van der Waals surface area (Å²) in [5.41, 5.74) is 0.322. The van der Waals surface area contributed by atoms with Crippen molar-refractivity contribution in [1.82, 2.24) is 9.97 Å². The first-order valence-corrected chi connectivity index (χ1v) is 5.71. The van der Waals surface area contributed by atoms with E-state index in [0.29, 0.717) is 11.5 Å². The van der Waals surface area contributed by atoms with Crippen LogP contribution in [-0.2, 0) is 12.3 Å². The molecule has 1 aromatic heterocycles. The van der Waals surface area contributed by atoms with E-state index < -0.39 is 11.6 Å². The lowest BCUT2D eigenvalue weighted by Crippen LogP contribution is -2.13. The standard InChI is InChI=1S/C12H9ClF2N2O/c13-6-9-5-12(18)17-11(16-9)3-7-1-2-8(14)4-10(7)15/h1-2,4-5H,3,6H2,(H,16,17,18). The second kappa shape index (κ2) is 5.27. The molecule has 0 saturated carbocycles. The predicted octanol–water partition coefficient (Wildman–Crippen LogP) is 2.38. The highest BCUT2D eigenvalue weighted by Crippen LogP contribution is 2.12. The van der Waals surface area contributed by atoms with Gasteiger partial charge in [-0.3, -0.25) is 4.79 Å². The SMILES string of the molecule is O=c1cc(CCl)nc(Cc2ccc(F)cc2F)[nH]1. The Labute approximate surface area is 106 Å². The van der Waals surface area contributed by atoms with Crippen LogP contribution in [0, 0.1) is 11.6 Å². The van der Waals surface area contributed by atoms with Crippen LogP contribution in [0.4, 0.5) is 8.78 Å². The predicted molar refractivity (Wildman–Crippen MR) is 63.6 cm³/mol. The minimum Gasteiger partial charge on any atom is -0.310 e. The van der Waals surface area contributed by atoms with E-state index in [-0.39, 0.29) is 23.4 Å². The number of hydrogen-bond donors (Lipinski definition) is 1. The van der Waals surface area contributed by atoms with Gasteiger partial charge in [-0.1, -0.05) is 6.07 Å². The van der Waals surface area contributed by atoms with Crippen LogP contribution in [0.5, 0.6) is 0 Å². The molecule has 0 aliphatic rings. The van der Waals surface area contributed by atoms with E-state index in [9.17, 15) is 13.6 Å². The molecule has 0 bridgehead atoms. The van der Waals surface area contributed by atoms with Crippen molar-refractivity contribution in [3.05, 3.63) is 63.3 Å². The average molecular weight is 271 g/mol. The molecule has 0 saturated heterocycles. The van der Waals surface area contributed by atoms with E-state index in [0.717, 1.165) is 12.1 Å². The van der Waals surface area contributed by atoms with Gasteiger partial charge in [-0.05, 0) is 11.6 Å². The van der Waals surface area contributed by atoms with Gasteiger partial charge in [-0.2, -0.15) is 0 Å². The molecular formula is C12H9ClF2N2O. The minimum atomic E-state index is -0.672. The van der Waals surface area contributed by atoms with Crippen LogP contribution in [0.2, 0.25) is 0 Å². The maximum atomic E-state index is 13.4. The number of alkyl halides is 1. The normalized spacial score (nSPS) is 10.6. The summed E-state index contributed by atoms with van der Waals surface area (Å²) in [6.07, 6.45) is 0.0755. The number of aromatic nitrogens is 2. The largest absolute Gasteiger partial charge is 0.310 e. The molecule has 0 radical (unpaired) electrons. The van der Waals surface area contributed by atoms with Crippen molar-refractivity contribution < 1.29 is 8.78 Å². The molecule has 1 N–H and O–H groups in total. The number of nitrogens with one attached hydrogen (secondary N) is 1. The van der Waals surface area contributed by atoms with Gasteiger partial charge >= 0.3 is 0 Å². The van der Waals surface area contributed by atoms with Crippen LogP contribution in [-0.4, -0.2) is 9.97 Å². The Kier molecular flexibility index (Phi) is 3.72. The molecule has 0 atom stereocenters. The topological polar surface area (TPSA) is 45.8 Å². The quantitative estimate of drug-likeness (QED) is 0.871. The monoisotopic (exact) mass is 270 g/mol. The fourth-order valence-electron chi connectivity index (χ4n) is 1.56. The van der Waals surface area contributed by atoms with Gasteiger partial charge in [0.05, 0.1) is 11.6 Å². The van der Waals surface area contributed by atoms with Crippen LogP contribution < -0.4 is 5.56 Å². The number of H-pyrrole nitrogens is 1. The van der Waals surface area contributed by atoms with E-state index in [2.05, 4.69) is 9.97 Å². The Hall–Kier alpha value is -1.75. The van der Waals surface area contributed by atoms with Gasteiger partial charge in [-0.25, -0.2) is 13.8 Å². The summed E-state index contributed by atoms with van der Waals surface area (Å²) in [6.45, 7) is 0. The highest BCUT2D eigenvalue weighted by atomic mass is 35.5. The van der Waals surface area contributed by atoms with Gasteiger partial charge < -0.3 is 4.98 Å². The van der Waals surface area contributed by atoms with Gasteiger partial charge in [-0.15, -0.1) is 11.6 Å². The van der Waals surface area contributed by atoms with Crippen LogP contribution in [0.25, 0.3) is 0 Å². The zero-order chi connectivity index (χ0) is 13.1. The van der Waals surface area contributed by atoms with E-state index in [1.165, 1.54) is 12.1 Å². The van der Waals surface area contributed by atoms with Crippen molar-refractivity contribution in [2.75, 3.05) is 0 Å². The molecule has 1 heterocycles. The summed E-state index contributed by atoms with van der Waals surface area (Å²) in [5.74, 6) is -0.923. The molecule has 0 amide bonds. The van der Waals surface area contributed by atoms with Gasteiger partial charge in [0.1, 0.15) is 17.5 Å². The second-order valence-electron chi connectivity index (χ2n) is 3.73. The fourth-order valence-corrected chi connectivity index (χ4v) is 1.70. The fraction of sp³-hybridized carbons (Fsp3) is 0.167. The van der Waals surface area contributed by atoms with E-state index in [4.69, 9.17) is 11.6 Å². The Morgan fingerprint density at radius 2 is 2.06 bits per heavy atom. The second-order valence-corrected chi connectivity index (χ2v) is 4.00. The van der Waals surface area contributed by atoms with Crippen molar-refractivity contribution in [3.8, 4) is 0 Å². The molecule has 2 aromatic rings. The summed E-state index contributed by atoms with van der Waals surface area (Å²) in [5, 5.41) is 0. The molecule has 2 rings (SSSR count). The van der Waals surface area contributed by atoms with Crippen molar-refractivity contribution in [2.45, 2.75) is 12.3 Å². The molecule has 0 unspecified atom stereocenters. The molecule has 0 aliphatic carbocycles. The van der Waals surface area contributed by atoms with Crippen molar-refractivity contribution in [3.63, 3.8) is 0 Å². The van der Waals surface area contributed by atoms with Gasteiger partial charge in [0.25, 0.3) is 5.56 Å². The highest BCUT2D eigenvalue weighted by Gasteiger charge is 2.07. The van der Waals surface area contributed by atoms with Gasteiger partial charge in [0.15, 0.2) is 0 Å². The number of benzene rings is 1. The lowest BCUT2D eigenvalue weighted by molar-refractivity contribution is 0.573. The first-order valence-electron chi connectivity index (χ1n) is 5.17. The van der Waals surface area contributed by atoms with E-state index >= 15 is 0 Å². The van der Waals surface area contributed by atoms with Crippen molar-refractivity contribution in [1.29, 1.82) is 0 Å². The van der Waals surface area contributed by atoms with Gasteiger partial charge in [0.2, 0.25) is 0 Å². The minimum absolute atomic E-state index is 0.0755. The molecule has 6 heteroatoms. The molecule has 1 aromatic carbocycles. The Balaban J connectivity index is 2.33. The van der Waals surface area contributed by atoms with Crippen molar-refractivity contribution in [2.24, 2.45) is 0 Å². The summed E-state index contributed by atoms with van der Waals surface area (Å²) in [6, 6.07) is 4.54. The Morgan fingerprint density at radius 3 is 2.72 bits per heavy atom. The Morgan fingerprint density at radius 1 is 1.28 bits per heavy atom. The maximum absolute atomic E-state index is 13.4. The smallest absolute Gasteiger partial charge is 0.251 e. The Bertz CT molecular complexity index is 628. The number of hydrogen-bond acceptors (Lipinski definition) is 2. The van der Waals surface area contributed by atoms with Crippen LogP contribution in [0.1, 0.15) is 17.1 Å². The first kappa shape index (κ1) is 12.7. The van der Waals surface area contributed by atoms with Crippen LogP contribution in [0.15, 0.2) is 29.1 Å². The zero-order valence-electron chi connectivity index (χ0n) is 9.21. The number of rotatable bonds is 3. The van der Waals surface area contributed by atoms with E-state index in [1.807, 2.05) is 0 Å². The van der Waals surface area contributed by atoms with Crippen molar-refractivity contribution >= 4 is 11.6 Å².